The van der Waals surface area contributed by atoms with Crippen molar-refractivity contribution < 1.29 is 9.72 Å². The number of carbonyl (C=O) groups is 1. The van der Waals surface area contributed by atoms with E-state index in [-0.39, 0.29) is 17.6 Å². The van der Waals surface area contributed by atoms with Gasteiger partial charge in [0.15, 0.2) is 0 Å². The molecule has 1 aliphatic rings. The highest BCUT2D eigenvalue weighted by Gasteiger charge is 2.18. The summed E-state index contributed by atoms with van der Waals surface area (Å²) in [4.78, 5) is 25.9. The molecule has 0 saturated carbocycles. The highest BCUT2D eigenvalue weighted by Crippen LogP contribution is 2.21. The van der Waals surface area contributed by atoms with Crippen molar-refractivity contribution in [3.8, 4) is 0 Å². The molecule has 7 nitrogen and oxygen atoms in total. The predicted octanol–water partition coefficient (Wildman–Crippen LogP) is 1.83. The summed E-state index contributed by atoms with van der Waals surface area (Å²) in [6.07, 6.45) is 1.28. The first-order valence-corrected chi connectivity index (χ1v) is 6.70. The zero-order valence-electron chi connectivity index (χ0n) is 11.2. The van der Waals surface area contributed by atoms with Gasteiger partial charge in [-0.1, -0.05) is 0 Å². The van der Waals surface area contributed by atoms with Crippen LogP contribution in [0.3, 0.4) is 0 Å². The van der Waals surface area contributed by atoms with E-state index in [4.69, 9.17) is 0 Å². The van der Waals surface area contributed by atoms with Crippen LogP contribution >= 0.6 is 0 Å². The number of amides is 1. The minimum atomic E-state index is -0.420. The maximum absolute atomic E-state index is 11.1. The molecule has 1 unspecified atom stereocenters. The van der Waals surface area contributed by atoms with E-state index >= 15 is 0 Å². The molecule has 0 radical (unpaired) electrons. The van der Waals surface area contributed by atoms with Crippen molar-refractivity contribution in [3.05, 3.63) is 40.4 Å². The SMILES string of the molecule is O=C1CCC(Nc2ccc3cc([N+](=O)[O-])ccc3n2)CN1. The first-order chi connectivity index (χ1) is 10.1. The minimum absolute atomic E-state index is 0.0556. The maximum atomic E-state index is 11.1. The Morgan fingerprint density at radius 3 is 2.90 bits per heavy atom. The Morgan fingerprint density at radius 1 is 1.33 bits per heavy atom. The number of aromatic nitrogens is 1. The van der Waals surface area contributed by atoms with Gasteiger partial charge in [0.2, 0.25) is 5.91 Å². The number of nitrogens with one attached hydrogen (secondary N) is 2. The van der Waals surface area contributed by atoms with Gasteiger partial charge in [0.05, 0.1) is 10.4 Å². The number of nitro benzene ring substituents is 1. The van der Waals surface area contributed by atoms with Crippen LogP contribution < -0.4 is 10.6 Å². The number of piperidine rings is 1. The van der Waals surface area contributed by atoms with Crippen molar-refractivity contribution in [2.24, 2.45) is 0 Å². The number of rotatable bonds is 3. The average molecular weight is 286 g/mol. The molecule has 1 aliphatic heterocycles. The van der Waals surface area contributed by atoms with E-state index in [1.165, 1.54) is 12.1 Å². The topological polar surface area (TPSA) is 97.2 Å². The highest BCUT2D eigenvalue weighted by molar-refractivity contribution is 5.82. The normalized spacial score (nSPS) is 18.3. The van der Waals surface area contributed by atoms with Gasteiger partial charge >= 0.3 is 0 Å². The minimum Gasteiger partial charge on any atom is -0.366 e. The number of pyridine rings is 1. The Kier molecular flexibility index (Phi) is 3.39. The van der Waals surface area contributed by atoms with Gasteiger partial charge in [-0.25, -0.2) is 4.98 Å². The molecule has 7 heteroatoms. The van der Waals surface area contributed by atoms with Crippen molar-refractivity contribution in [2.75, 3.05) is 11.9 Å². The molecule has 0 bridgehead atoms. The lowest BCUT2D eigenvalue weighted by atomic mass is 10.1. The Hall–Kier alpha value is -2.70. The second-order valence-corrected chi connectivity index (χ2v) is 5.01. The number of fused-ring (bicyclic) bond motifs is 1. The number of nitro groups is 1. The van der Waals surface area contributed by atoms with Crippen molar-refractivity contribution in [3.63, 3.8) is 0 Å². The van der Waals surface area contributed by atoms with Crippen molar-refractivity contribution in [1.29, 1.82) is 0 Å². The van der Waals surface area contributed by atoms with Gasteiger partial charge in [-0.05, 0) is 24.6 Å². The zero-order valence-corrected chi connectivity index (χ0v) is 11.2. The monoisotopic (exact) mass is 286 g/mol. The van der Waals surface area contributed by atoms with Gasteiger partial charge in [0.1, 0.15) is 5.82 Å². The van der Waals surface area contributed by atoms with E-state index in [1.807, 2.05) is 0 Å². The number of hydrogen-bond acceptors (Lipinski definition) is 5. The quantitative estimate of drug-likeness (QED) is 0.662. The molecule has 1 atom stereocenters. The molecule has 1 aromatic carbocycles. The van der Waals surface area contributed by atoms with E-state index in [2.05, 4.69) is 15.6 Å². The molecular weight excluding hydrogens is 272 g/mol. The Bertz CT molecular complexity index is 706. The van der Waals surface area contributed by atoms with Crippen LogP contribution in [0.1, 0.15) is 12.8 Å². The average Bonchev–Trinajstić information content (AvgIpc) is 2.49. The summed E-state index contributed by atoms with van der Waals surface area (Å²) >= 11 is 0. The van der Waals surface area contributed by atoms with Crippen molar-refractivity contribution in [2.45, 2.75) is 18.9 Å². The molecule has 108 valence electrons. The number of non-ortho nitro benzene ring substituents is 1. The fourth-order valence-corrected chi connectivity index (χ4v) is 2.37. The maximum Gasteiger partial charge on any atom is 0.270 e. The van der Waals surface area contributed by atoms with Crippen LogP contribution in [0.4, 0.5) is 11.5 Å². The molecule has 1 aromatic heterocycles. The summed E-state index contributed by atoms with van der Waals surface area (Å²) < 4.78 is 0. The van der Waals surface area contributed by atoms with Gasteiger partial charge in [-0.3, -0.25) is 14.9 Å². The summed E-state index contributed by atoms with van der Waals surface area (Å²) in [5, 5.41) is 17.5. The Morgan fingerprint density at radius 2 is 2.19 bits per heavy atom. The summed E-state index contributed by atoms with van der Waals surface area (Å²) in [6.45, 7) is 0.582. The van der Waals surface area contributed by atoms with Gasteiger partial charge in [0.25, 0.3) is 5.69 Å². The van der Waals surface area contributed by atoms with Crippen LogP contribution in [0.15, 0.2) is 30.3 Å². The van der Waals surface area contributed by atoms with Crippen LogP contribution in [0.25, 0.3) is 10.9 Å². The van der Waals surface area contributed by atoms with E-state index in [0.29, 0.717) is 24.3 Å². The summed E-state index contributed by atoms with van der Waals surface area (Å²) in [7, 11) is 0. The number of hydrogen-bond donors (Lipinski definition) is 2. The molecule has 1 amide bonds. The van der Waals surface area contributed by atoms with Crippen molar-refractivity contribution >= 4 is 28.3 Å². The van der Waals surface area contributed by atoms with E-state index < -0.39 is 4.92 Å². The number of carbonyl (C=O) groups excluding carboxylic acids is 1. The molecule has 0 aliphatic carbocycles. The smallest absolute Gasteiger partial charge is 0.270 e. The molecule has 21 heavy (non-hydrogen) atoms. The fourth-order valence-electron chi connectivity index (χ4n) is 2.37. The van der Waals surface area contributed by atoms with Crippen LogP contribution in [0.2, 0.25) is 0 Å². The lowest BCUT2D eigenvalue weighted by molar-refractivity contribution is -0.384. The predicted molar refractivity (Wildman–Crippen MR) is 78.1 cm³/mol. The van der Waals surface area contributed by atoms with E-state index in [0.717, 1.165) is 11.8 Å². The standard InChI is InChI=1S/C14H14N4O3/c19-14-6-2-10(8-15-14)16-13-5-1-9-7-11(18(20)21)3-4-12(9)17-13/h1,3-5,7,10H,2,6,8H2,(H,15,19)(H,16,17). The molecule has 1 fully saturated rings. The van der Waals surface area contributed by atoms with Crippen LogP contribution in [-0.2, 0) is 4.79 Å². The third-order valence-corrected chi connectivity index (χ3v) is 3.50. The summed E-state index contributed by atoms with van der Waals surface area (Å²) in [6, 6.07) is 8.35. The van der Waals surface area contributed by atoms with Crippen LogP contribution in [0.5, 0.6) is 0 Å². The van der Waals surface area contributed by atoms with Gasteiger partial charge in [0, 0.05) is 36.5 Å². The lowest BCUT2D eigenvalue weighted by Gasteiger charge is -2.23. The Labute approximate surface area is 120 Å². The number of nitrogens with zero attached hydrogens (tertiary/aromatic N) is 2. The molecule has 2 aromatic rings. The largest absolute Gasteiger partial charge is 0.366 e. The molecule has 0 spiro atoms. The van der Waals surface area contributed by atoms with Gasteiger partial charge < -0.3 is 10.6 Å². The van der Waals surface area contributed by atoms with E-state index in [1.54, 1.807) is 18.2 Å². The third-order valence-electron chi connectivity index (χ3n) is 3.50. The summed E-state index contributed by atoms with van der Waals surface area (Å²) in [5.74, 6) is 0.782. The third kappa shape index (κ3) is 2.91. The second kappa shape index (κ2) is 5.35. The van der Waals surface area contributed by atoms with Crippen molar-refractivity contribution in [1.82, 2.24) is 10.3 Å². The highest BCUT2D eigenvalue weighted by atomic mass is 16.6. The number of benzene rings is 1. The molecule has 2 N–H and O–H groups in total. The van der Waals surface area contributed by atoms with Gasteiger partial charge in [-0.15, -0.1) is 0 Å². The van der Waals surface area contributed by atoms with Gasteiger partial charge in [-0.2, -0.15) is 0 Å². The summed E-state index contributed by atoms with van der Waals surface area (Å²) in [5.41, 5.74) is 0.755. The first-order valence-electron chi connectivity index (χ1n) is 6.70. The zero-order chi connectivity index (χ0) is 14.8. The molecule has 2 heterocycles. The molecule has 3 rings (SSSR count). The second-order valence-electron chi connectivity index (χ2n) is 5.01. The Balaban J connectivity index is 1.79. The van der Waals surface area contributed by atoms with Crippen LogP contribution in [-0.4, -0.2) is 28.4 Å². The molecule has 1 saturated heterocycles. The lowest BCUT2D eigenvalue weighted by Crippen LogP contribution is -2.42. The molecular formula is C14H14N4O3. The number of anilines is 1. The van der Waals surface area contributed by atoms with E-state index in [9.17, 15) is 14.9 Å². The first kappa shape index (κ1) is 13.3. The van der Waals surface area contributed by atoms with Crippen LogP contribution in [0, 0.1) is 10.1 Å². The fraction of sp³-hybridized carbons (Fsp3) is 0.286.